The topological polar surface area (TPSA) is 46.3 Å². The van der Waals surface area contributed by atoms with Crippen LogP contribution in [0.15, 0.2) is 24.3 Å². The number of hydrogen-bond donors (Lipinski definition) is 1. The van der Waals surface area contributed by atoms with Gasteiger partial charge < -0.3 is 10.6 Å². The minimum Gasteiger partial charge on any atom is -0.342 e. The van der Waals surface area contributed by atoms with Crippen LogP contribution in [0, 0.1) is 11.2 Å². The molecular weight excluding hydrogens is 243 g/mol. The van der Waals surface area contributed by atoms with Gasteiger partial charge in [-0.05, 0) is 36.9 Å². The Morgan fingerprint density at radius 1 is 1.53 bits per heavy atom. The Hall–Kier alpha value is -1.42. The van der Waals surface area contributed by atoms with E-state index in [2.05, 4.69) is 6.92 Å². The van der Waals surface area contributed by atoms with Crippen molar-refractivity contribution in [1.82, 2.24) is 4.90 Å². The summed E-state index contributed by atoms with van der Waals surface area (Å²) in [6.45, 7) is 5.81. The molecule has 1 amide bonds. The summed E-state index contributed by atoms with van der Waals surface area (Å²) in [5.41, 5.74) is 6.21. The third-order valence-corrected chi connectivity index (χ3v) is 4.10. The summed E-state index contributed by atoms with van der Waals surface area (Å²) in [5, 5.41) is 0. The second-order valence-electron chi connectivity index (χ2n) is 5.77. The molecule has 0 saturated carbocycles. The Kier molecular flexibility index (Phi) is 3.90. The summed E-state index contributed by atoms with van der Waals surface area (Å²) in [5.74, 6) is -0.771. The van der Waals surface area contributed by atoms with Crippen LogP contribution in [0.4, 0.5) is 4.39 Å². The van der Waals surface area contributed by atoms with Crippen molar-refractivity contribution in [2.45, 2.75) is 26.2 Å². The molecule has 4 heteroatoms. The highest BCUT2D eigenvalue weighted by molar-refractivity contribution is 5.83. The van der Waals surface area contributed by atoms with Crippen molar-refractivity contribution >= 4 is 5.91 Å². The largest absolute Gasteiger partial charge is 0.342 e. The van der Waals surface area contributed by atoms with Crippen LogP contribution in [0.1, 0.15) is 31.7 Å². The van der Waals surface area contributed by atoms with E-state index in [0.29, 0.717) is 25.2 Å². The number of halogens is 1. The van der Waals surface area contributed by atoms with Crippen LogP contribution in [-0.4, -0.2) is 30.4 Å². The third kappa shape index (κ3) is 2.78. The van der Waals surface area contributed by atoms with Crippen LogP contribution in [0.5, 0.6) is 0 Å². The first-order valence-corrected chi connectivity index (χ1v) is 6.70. The van der Waals surface area contributed by atoms with Crippen LogP contribution in [0.2, 0.25) is 0 Å². The van der Waals surface area contributed by atoms with Crippen molar-refractivity contribution in [2.75, 3.05) is 19.6 Å². The summed E-state index contributed by atoms with van der Waals surface area (Å²) >= 11 is 0. The van der Waals surface area contributed by atoms with Gasteiger partial charge in [-0.15, -0.1) is 0 Å². The molecule has 1 aromatic rings. The molecule has 3 nitrogen and oxygen atoms in total. The maximum absolute atomic E-state index is 13.7. The monoisotopic (exact) mass is 264 g/mol. The fourth-order valence-electron chi connectivity index (χ4n) is 2.61. The number of carbonyl (C=O) groups is 1. The highest BCUT2D eigenvalue weighted by atomic mass is 19.1. The van der Waals surface area contributed by atoms with Crippen LogP contribution < -0.4 is 5.73 Å². The number of likely N-dealkylation sites (tertiary alicyclic amines) is 1. The predicted molar refractivity (Wildman–Crippen MR) is 73.2 cm³/mol. The van der Waals surface area contributed by atoms with E-state index in [9.17, 15) is 9.18 Å². The van der Waals surface area contributed by atoms with E-state index < -0.39 is 5.92 Å². The van der Waals surface area contributed by atoms with E-state index in [1.54, 1.807) is 25.1 Å². The van der Waals surface area contributed by atoms with Gasteiger partial charge in [0.05, 0.1) is 5.92 Å². The smallest absolute Gasteiger partial charge is 0.229 e. The first kappa shape index (κ1) is 14.0. The SMILES string of the molecule is CC(C(=O)N1CCC(C)(CN)C1)c1ccccc1F. The van der Waals surface area contributed by atoms with Crippen LogP contribution in [0.3, 0.4) is 0 Å². The van der Waals surface area contributed by atoms with Crippen LogP contribution in [0.25, 0.3) is 0 Å². The minimum absolute atomic E-state index is 0.00458. The lowest BCUT2D eigenvalue weighted by Gasteiger charge is -2.25. The Labute approximate surface area is 113 Å². The van der Waals surface area contributed by atoms with Gasteiger partial charge >= 0.3 is 0 Å². The molecule has 1 aliphatic heterocycles. The van der Waals surface area contributed by atoms with Gasteiger partial charge in [0.1, 0.15) is 5.82 Å². The molecule has 1 aliphatic rings. The summed E-state index contributed by atoms with van der Waals surface area (Å²) in [4.78, 5) is 14.2. The van der Waals surface area contributed by atoms with Crippen molar-refractivity contribution in [3.8, 4) is 0 Å². The first-order chi connectivity index (χ1) is 8.97. The van der Waals surface area contributed by atoms with Crippen molar-refractivity contribution < 1.29 is 9.18 Å². The number of nitrogens with zero attached hydrogens (tertiary/aromatic N) is 1. The van der Waals surface area contributed by atoms with Crippen molar-refractivity contribution in [2.24, 2.45) is 11.1 Å². The van der Waals surface area contributed by atoms with Crippen LogP contribution in [-0.2, 0) is 4.79 Å². The number of amides is 1. The number of rotatable bonds is 3. The zero-order valence-corrected chi connectivity index (χ0v) is 11.5. The molecule has 0 aromatic heterocycles. The molecule has 2 atom stereocenters. The zero-order valence-electron chi connectivity index (χ0n) is 11.5. The lowest BCUT2D eigenvalue weighted by atomic mass is 9.90. The molecule has 0 bridgehead atoms. The van der Waals surface area contributed by atoms with E-state index in [1.807, 2.05) is 4.90 Å². The van der Waals surface area contributed by atoms with Crippen LogP contribution >= 0.6 is 0 Å². The number of nitrogens with two attached hydrogens (primary N) is 1. The Bertz CT molecular complexity index is 477. The molecule has 1 aromatic carbocycles. The molecule has 0 aliphatic carbocycles. The predicted octanol–water partition coefficient (Wildman–Crippen LogP) is 2.13. The summed E-state index contributed by atoms with van der Waals surface area (Å²) in [7, 11) is 0. The summed E-state index contributed by atoms with van der Waals surface area (Å²) in [6, 6.07) is 6.47. The van der Waals surface area contributed by atoms with Gasteiger partial charge in [-0.3, -0.25) is 4.79 Å². The Balaban J connectivity index is 2.11. The van der Waals surface area contributed by atoms with Crippen molar-refractivity contribution in [3.05, 3.63) is 35.6 Å². The molecule has 2 rings (SSSR count). The van der Waals surface area contributed by atoms with E-state index in [0.717, 1.165) is 6.42 Å². The molecule has 1 saturated heterocycles. The van der Waals surface area contributed by atoms with Gasteiger partial charge in [0, 0.05) is 13.1 Å². The van der Waals surface area contributed by atoms with Gasteiger partial charge in [0.2, 0.25) is 5.91 Å². The Morgan fingerprint density at radius 2 is 2.21 bits per heavy atom. The van der Waals surface area contributed by atoms with E-state index in [-0.39, 0.29) is 17.1 Å². The molecule has 2 unspecified atom stereocenters. The van der Waals surface area contributed by atoms with Gasteiger partial charge in [-0.2, -0.15) is 0 Å². The number of carbonyl (C=O) groups excluding carboxylic acids is 1. The number of benzene rings is 1. The maximum Gasteiger partial charge on any atom is 0.229 e. The average Bonchev–Trinajstić information content (AvgIpc) is 2.81. The molecular formula is C15H21FN2O. The standard InChI is InChI=1S/C15H21FN2O/c1-11(12-5-3-4-6-13(12)16)14(19)18-8-7-15(2,9-17)10-18/h3-6,11H,7-10,17H2,1-2H3. The Morgan fingerprint density at radius 3 is 2.79 bits per heavy atom. The highest BCUT2D eigenvalue weighted by Gasteiger charge is 2.36. The quantitative estimate of drug-likeness (QED) is 0.909. The molecule has 2 N–H and O–H groups in total. The lowest BCUT2D eigenvalue weighted by molar-refractivity contribution is -0.131. The molecule has 0 spiro atoms. The van der Waals surface area contributed by atoms with Gasteiger partial charge in [-0.1, -0.05) is 25.1 Å². The normalized spacial score (nSPS) is 24.5. The van der Waals surface area contributed by atoms with Crippen molar-refractivity contribution in [3.63, 3.8) is 0 Å². The first-order valence-electron chi connectivity index (χ1n) is 6.70. The van der Waals surface area contributed by atoms with Crippen molar-refractivity contribution in [1.29, 1.82) is 0 Å². The van der Waals surface area contributed by atoms with E-state index >= 15 is 0 Å². The van der Waals surface area contributed by atoms with Gasteiger partial charge in [0.15, 0.2) is 0 Å². The fraction of sp³-hybridized carbons (Fsp3) is 0.533. The van der Waals surface area contributed by atoms with E-state index in [1.165, 1.54) is 6.07 Å². The molecule has 1 fully saturated rings. The maximum atomic E-state index is 13.7. The number of hydrogen-bond acceptors (Lipinski definition) is 2. The van der Waals surface area contributed by atoms with E-state index in [4.69, 9.17) is 5.73 Å². The average molecular weight is 264 g/mol. The molecule has 0 radical (unpaired) electrons. The lowest BCUT2D eigenvalue weighted by Crippen LogP contribution is -2.36. The van der Waals surface area contributed by atoms with Gasteiger partial charge in [-0.25, -0.2) is 4.39 Å². The second kappa shape index (κ2) is 5.29. The molecule has 19 heavy (non-hydrogen) atoms. The highest BCUT2D eigenvalue weighted by Crippen LogP contribution is 2.31. The summed E-state index contributed by atoms with van der Waals surface area (Å²) < 4.78 is 13.7. The molecule has 104 valence electrons. The zero-order chi connectivity index (χ0) is 14.0. The minimum atomic E-state index is -0.443. The second-order valence-corrected chi connectivity index (χ2v) is 5.77. The van der Waals surface area contributed by atoms with Gasteiger partial charge in [0.25, 0.3) is 0 Å². The fourth-order valence-corrected chi connectivity index (χ4v) is 2.61. The molecule has 1 heterocycles. The third-order valence-electron chi connectivity index (χ3n) is 4.10. The summed E-state index contributed by atoms with van der Waals surface area (Å²) in [6.07, 6.45) is 0.916.